The molecule has 124 valence electrons. The first-order valence-corrected chi connectivity index (χ1v) is 9.02. The maximum Gasteiger partial charge on any atom is 0.225 e. The zero-order valence-electron chi connectivity index (χ0n) is 13.5. The van der Waals surface area contributed by atoms with Crippen LogP contribution >= 0.6 is 0 Å². The van der Waals surface area contributed by atoms with Gasteiger partial charge < -0.3 is 10.1 Å². The molecule has 0 spiro atoms. The summed E-state index contributed by atoms with van der Waals surface area (Å²) in [5.41, 5.74) is 1.59. The van der Waals surface area contributed by atoms with Crippen LogP contribution in [0.4, 0.5) is 5.69 Å². The summed E-state index contributed by atoms with van der Waals surface area (Å²) in [4.78, 5) is 12.0. The number of benzene rings is 1. The van der Waals surface area contributed by atoms with Gasteiger partial charge in [-0.05, 0) is 31.0 Å². The minimum Gasteiger partial charge on any atom is -0.495 e. The van der Waals surface area contributed by atoms with Crippen molar-refractivity contribution in [1.29, 1.82) is 0 Å². The van der Waals surface area contributed by atoms with Gasteiger partial charge >= 0.3 is 0 Å². The number of aryl methyl sites for hydroxylation is 1. The van der Waals surface area contributed by atoms with Crippen LogP contribution in [-0.2, 0) is 14.8 Å². The van der Waals surface area contributed by atoms with Gasteiger partial charge in [-0.15, -0.1) is 0 Å². The highest BCUT2D eigenvalue weighted by molar-refractivity contribution is 7.88. The third-order valence-electron chi connectivity index (χ3n) is 3.16. The van der Waals surface area contributed by atoms with Gasteiger partial charge in [0.2, 0.25) is 15.9 Å². The Morgan fingerprint density at radius 1 is 1.32 bits per heavy atom. The van der Waals surface area contributed by atoms with Crippen molar-refractivity contribution in [2.24, 2.45) is 0 Å². The van der Waals surface area contributed by atoms with E-state index in [2.05, 4.69) is 5.32 Å². The molecule has 0 atom stereocenters. The molecule has 0 fully saturated rings. The summed E-state index contributed by atoms with van der Waals surface area (Å²) in [7, 11) is -1.75. The smallest absolute Gasteiger partial charge is 0.225 e. The van der Waals surface area contributed by atoms with Crippen LogP contribution in [0, 0.1) is 6.92 Å². The van der Waals surface area contributed by atoms with Crippen molar-refractivity contribution in [2.75, 3.05) is 31.8 Å². The minimum absolute atomic E-state index is 0.101. The molecule has 1 aromatic rings. The van der Waals surface area contributed by atoms with Crippen LogP contribution in [0.15, 0.2) is 18.2 Å². The van der Waals surface area contributed by atoms with Gasteiger partial charge in [0.05, 0.1) is 19.1 Å². The number of nitrogens with one attached hydrogen (secondary N) is 1. The number of carbonyl (C=O) groups is 1. The molecule has 0 saturated carbocycles. The van der Waals surface area contributed by atoms with Gasteiger partial charge in [-0.3, -0.25) is 4.79 Å². The second-order valence-electron chi connectivity index (χ2n) is 5.16. The number of sulfonamides is 1. The van der Waals surface area contributed by atoms with Crippen LogP contribution in [0.2, 0.25) is 0 Å². The second kappa shape index (κ2) is 8.14. The normalized spacial score (nSPS) is 11.5. The van der Waals surface area contributed by atoms with Crippen molar-refractivity contribution in [2.45, 2.75) is 26.7 Å². The van der Waals surface area contributed by atoms with Gasteiger partial charge in [0.25, 0.3) is 0 Å². The molecule has 0 aliphatic rings. The average Bonchev–Trinajstić information content (AvgIpc) is 2.42. The van der Waals surface area contributed by atoms with E-state index in [1.165, 1.54) is 11.4 Å². The molecule has 1 N–H and O–H groups in total. The lowest BCUT2D eigenvalue weighted by molar-refractivity contribution is -0.116. The zero-order valence-corrected chi connectivity index (χ0v) is 14.4. The largest absolute Gasteiger partial charge is 0.495 e. The fourth-order valence-corrected chi connectivity index (χ4v) is 2.99. The molecule has 1 rings (SSSR count). The van der Waals surface area contributed by atoms with Crippen LogP contribution in [0.3, 0.4) is 0 Å². The standard InChI is InChI=1S/C15H24N2O4S/c1-5-9-17(22(4,19)20)10-8-15(18)16-13-11-12(2)6-7-14(13)21-3/h6-7,11H,5,8-10H2,1-4H3,(H,16,18). The third kappa shape index (κ3) is 5.65. The van der Waals surface area contributed by atoms with E-state index in [9.17, 15) is 13.2 Å². The van der Waals surface area contributed by atoms with Crippen LogP contribution in [0.5, 0.6) is 5.75 Å². The van der Waals surface area contributed by atoms with E-state index >= 15 is 0 Å². The molecule has 0 radical (unpaired) electrons. The molecular weight excluding hydrogens is 304 g/mol. The maximum absolute atomic E-state index is 12.0. The van der Waals surface area contributed by atoms with Crippen LogP contribution in [0.1, 0.15) is 25.3 Å². The average molecular weight is 328 g/mol. The van der Waals surface area contributed by atoms with Crippen LogP contribution < -0.4 is 10.1 Å². The quantitative estimate of drug-likeness (QED) is 0.792. The molecule has 0 aliphatic carbocycles. The summed E-state index contributed by atoms with van der Waals surface area (Å²) in [6.07, 6.45) is 1.97. The zero-order chi connectivity index (χ0) is 16.8. The monoisotopic (exact) mass is 328 g/mol. The van der Waals surface area contributed by atoms with E-state index in [1.807, 2.05) is 26.0 Å². The number of nitrogens with zero attached hydrogens (tertiary/aromatic N) is 1. The van der Waals surface area contributed by atoms with Crippen LogP contribution in [0.25, 0.3) is 0 Å². The number of rotatable bonds is 8. The number of hydrogen-bond acceptors (Lipinski definition) is 4. The molecule has 0 aliphatic heterocycles. The van der Waals surface area contributed by atoms with Gasteiger partial charge in [0.1, 0.15) is 5.75 Å². The number of anilines is 1. The fourth-order valence-electron chi connectivity index (χ4n) is 2.05. The van der Waals surface area contributed by atoms with Gasteiger partial charge in [0, 0.05) is 19.5 Å². The molecule has 1 aromatic carbocycles. The Hall–Kier alpha value is -1.60. The lowest BCUT2D eigenvalue weighted by atomic mass is 10.2. The van der Waals surface area contributed by atoms with E-state index in [-0.39, 0.29) is 18.9 Å². The summed E-state index contributed by atoms with van der Waals surface area (Å²) in [5.74, 6) is 0.334. The predicted octanol–water partition coefficient (Wildman–Crippen LogP) is 2.00. The predicted molar refractivity (Wildman–Crippen MR) is 87.7 cm³/mol. The number of hydrogen-bond donors (Lipinski definition) is 1. The van der Waals surface area contributed by atoms with E-state index in [1.54, 1.807) is 6.07 Å². The first-order valence-electron chi connectivity index (χ1n) is 7.17. The van der Waals surface area contributed by atoms with Gasteiger partial charge in [0.15, 0.2) is 0 Å². The lowest BCUT2D eigenvalue weighted by Crippen LogP contribution is -2.33. The van der Waals surface area contributed by atoms with Crippen molar-refractivity contribution in [1.82, 2.24) is 4.31 Å². The first kappa shape index (κ1) is 18.4. The van der Waals surface area contributed by atoms with Gasteiger partial charge in [-0.25, -0.2) is 12.7 Å². The molecule has 22 heavy (non-hydrogen) atoms. The van der Waals surface area contributed by atoms with E-state index in [4.69, 9.17) is 4.74 Å². The molecule has 0 unspecified atom stereocenters. The topological polar surface area (TPSA) is 75.7 Å². The number of carbonyl (C=O) groups excluding carboxylic acids is 1. The summed E-state index contributed by atoms with van der Waals surface area (Å²) >= 11 is 0. The van der Waals surface area contributed by atoms with Crippen molar-refractivity contribution >= 4 is 21.6 Å². The highest BCUT2D eigenvalue weighted by Crippen LogP contribution is 2.25. The lowest BCUT2D eigenvalue weighted by Gasteiger charge is -2.19. The number of methoxy groups -OCH3 is 1. The van der Waals surface area contributed by atoms with E-state index in [0.717, 1.165) is 11.8 Å². The Bertz CT molecular complexity index is 614. The third-order valence-corrected chi connectivity index (χ3v) is 4.46. The van der Waals surface area contributed by atoms with Gasteiger partial charge in [-0.2, -0.15) is 0 Å². The highest BCUT2D eigenvalue weighted by atomic mass is 32.2. The number of amides is 1. The van der Waals surface area contributed by atoms with Crippen molar-refractivity contribution in [3.63, 3.8) is 0 Å². The van der Waals surface area contributed by atoms with Crippen molar-refractivity contribution in [3.05, 3.63) is 23.8 Å². The Morgan fingerprint density at radius 3 is 2.55 bits per heavy atom. The first-order chi connectivity index (χ1) is 10.3. The van der Waals surface area contributed by atoms with E-state index in [0.29, 0.717) is 24.4 Å². The SMILES string of the molecule is CCCN(CCC(=O)Nc1cc(C)ccc1OC)S(C)(=O)=O. The molecular formula is C15H24N2O4S. The molecule has 0 bridgehead atoms. The second-order valence-corrected chi connectivity index (χ2v) is 7.15. The molecule has 7 heteroatoms. The minimum atomic E-state index is -3.29. The molecule has 6 nitrogen and oxygen atoms in total. The Labute approximate surface area is 132 Å². The molecule has 0 saturated heterocycles. The Kier molecular flexibility index (Phi) is 6.83. The maximum atomic E-state index is 12.0. The van der Waals surface area contributed by atoms with Crippen molar-refractivity contribution < 1.29 is 17.9 Å². The van der Waals surface area contributed by atoms with E-state index < -0.39 is 10.0 Å². The Balaban J connectivity index is 2.69. The number of ether oxygens (including phenoxy) is 1. The highest BCUT2D eigenvalue weighted by Gasteiger charge is 2.17. The molecule has 0 heterocycles. The van der Waals surface area contributed by atoms with Gasteiger partial charge in [-0.1, -0.05) is 13.0 Å². The van der Waals surface area contributed by atoms with Crippen LogP contribution in [-0.4, -0.2) is 45.1 Å². The summed E-state index contributed by atoms with van der Waals surface area (Å²) in [6.45, 7) is 4.41. The summed E-state index contributed by atoms with van der Waals surface area (Å²) in [5, 5.41) is 2.77. The fraction of sp³-hybridized carbons (Fsp3) is 0.533. The summed E-state index contributed by atoms with van der Waals surface area (Å²) in [6, 6.07) is 5.49. The summed E-state index contributed by atoms with van der Waals surface area (Å²) < 4.78 is 29.7. The Morgan fingerprint density at radius 2 is 2.00 bits per heavy atom. The molecule has 1 amide bonds. The molecule has 0 aromatic heterocycles. The van der Waals surface area contributed by atoms with Crippen molar-refractivity contribution in [3.8, 4) is 5.75 Å².